The van der Waals surface area contributed by atoms with Gasteiger partial charge in [0, 0.05) is 12.6 Å². The third-order valence-electron chi connectivity index (χ3n) is 2.79. The van der Waals surface area contributed by atoms with E-state index in [1.54, 1.807) is 11.9 Å². The number of carbonyl (C=O) groups excluding carboxylic acids is 1. The number of hydrogen-bond acceptors (Lipinski definition) is 3. The molecular weight excluding hydrogens is 192 g/mol. The lowest BCUT2D eigenvalue weighted by Gasteiger charge is -2.33. The molecular formula is C11H22N2O2. The normalized spacial score (nSPS) is 22.3. The number of amides is 1. The molecule has 0 bridgehead atoms. The van der Waals surface area contributed by atoms with Crippen LogP contribution in [0.2, 0.25) is 0 Å². The van der Waals surface area contributed by atoms with Crippen LogP contribution < -0.4 is 5.32 Å². The Kier molecular flexibility index (Phi) is 3.97. The Morgan fingerprint density at radius 1 is 1.40 bits per heavy atom. The van der Waals surface area contributed by atoms with E-state index in [4.69, 9.17) is 4.74 Å². The summed E-state index contributed by atoms with van der Waals surface area (Å²) in [6, 6.07) is 0. The highest BCUT2D eigenvalue weighted by Crippen LogP contribution is 2.14. The molecule has 88 valence electrons. The molecule has 0 radical (unpaired) electrons. The van der Waals surface area contributed by atoms with Crippen molar-refractivity contribution in [2.24, 2.45) is 0 Å². The van der Waals surface area contributed by atoms with Crippen LogP contribution in [0.15, 0.2) is 0 Å². The van der Waals surface area contributed by atoms with E-state index >= 15 is 0 Å². The number of hydrogen-bond donors (Lipinski definition) is 1. The van der Waals surface area contributed by atoms with Crippen molar-refractivity contribution in [1.82, 2.24) is 10.2 Å². The molecule has 0 aromatic heterocycles. The molecule has 1 fully saturated rings. The van der Waals surface area contributed by atoms with Crippen molar-refractivity contribution in [3.8, 4) is 0 Å². The Morgan fingerprint density at radius 3 is 2.53 bits per heavy atom. The van der Waals surface area contributed by atoms with Gasteiger partial charge in [-0.1, -0.05) is 0 Å². The maximum absolute atomic E-state index is 11.7. The highest BCUT2D eigenvalue weighted by atomic mass is 16.6. The zero-order valence-electron chi connectivity index (χ0n) is 10.2. The van der Waals surface area contributed by atoms with Gasteiger partial charge in [0.05, 0.1) is 0 Å². The van der Waals surface area contributed by atoms with Crippen molar-refractivity contribution in [3.63, 3.8) is 0 Å². The predicted molar refractivity (Wildman–Crippen MR) is 59.6 cm³/mol. The minimum Gasteiger partial charge on any atom is -0.430 e. The van der Waals surface area contributed by atoms with Gasteiger partial charge in [0.25, 0.3) is 0 Å². The summed E-state index contributed by atoms with van der Waals surface area (Å²) in [4.78, 5) is 13.3. The third-order valence-corrected chi connectivity index (χ3v) is 2.79. The fraction of sp³-hybridized carbons (Fsp3) is 0.909. The average molecular weight is 214 g/mol. The summed E-state index contributed by atoms with van der Waals surface area (Å²) in [5.41, 5.74) is -0.189. The van der Waals surface area contributed by atoms with Crippen LogP contribution in [0.5, 0.6) is 0 Å². The molecule has 1 saturated heterocycles. The monoisotopic (exact) mass is 214 g/mol. The van der Waals surface area contributed by atoms with Crippen LogP contribution in [0.4, 0.5) is 4.79 Å². The van der Waals surface area contributed by atoms with Crippen molar-refractivity contribution in [1.29, 1.82) is 0 Å². The lowest BCUT2D eigenvalue weighted by atomic mass is 10.1. The van der Waals surface area contributed by atoms with Crippen molar-refractivity contribution in [2.75, 3.05) is 13.6 Å². The van der Waals surface area contributed by atoms with Crippen LogP contribution >= 0.6 is 0 Å². The third kappa shape index (κ3) is 3.70. The van der Waals surface area contributed by atoms with Gasteiger partial charge in [-0.2, -0.15) is 0 Å². The van der Waals surface area contributed by atoms with Gasteiger partial charge in [0.15, 0.2) is 6.23 Å². The predicted octanol–water partition coefficient (Wildman–Crippen LogP) is 1.95. The van der Waals surface area contributed by atoms with Crippen molar-refractivity contribution in [3.05, 3.63) is 0 Å². The molecule has 1 atom stereocenters. The molecule has 1 rings (SSSR count). The van der Waals surface area contributed by atoms with E-state index in [9.17, 15) is 4.79 Å². The Bertz CT molecular complexity index is 217. The number of nitrogens with zero attached hydrogens (tertiary/aromatic N) is 1. The lowest BCUT2D eigenvalue weighted by molar-refractivity contribution is 0.0230. The number of ether oxygens (including phenoxy) is 1. The van der Waals surface area contributed by atoms with E-state index in [0.717, 1.165) is 19.4 Å². The van der Waals surface area contributed by atoms with Gasteiger partial charge in [-0.05, 0) is 46.6 Å². The first-order valence-electron chi connectivity index (χ1n) is 5.59. The van der Waals surface area contributed by atoms with E-state index in [-0.39, 0.29) is 17.9 Å². The maximum Gasteiger partial charge on any atom is 0.411 e. The van der Waals surface area contributed by atoms with Gasteiger partial charge < -0.3 is 9.64 Å². The first-order valence-corrected chi connectivity index (χ1v) is 5.59. The maximum atomic E-state index is 11.7. The van der Waals surface area contributed by atoms with Gasteiger partial charge in [0.1, 0.15) is 0 Å². The Labute approximate surface area is 92.0 Å². The van der Waals surface area contributed by atoms with Crippen molar-refractivity contribution in [2.45, 2.75) is 51.8 Å². The molecule has 0 saturated carbocycles. The van der Waals surface area contributed by atoms with E-state index in [1.165, 1.54) is 6.42 Å². The number of rotatable bonds is 1. The number of piperidine rings is 1. The van der Waals surface area contributed by atoms with E-state index < -0.39 is 0 Å². The fourth-order valence-electron chi connectivity index (χ4n) is 1.40. The SMILES string of the molecule is CN(C(=O)O[C@H]1CCCCN1)C(C)(C)C. The van der Waals surface area contributed by atoms with Crippen LogP contribution in [-0.4, -0.2) is 36.4 Å². The second-order valence-electron chi connectivity index (χ2n) is 5.05. The molecule has 15 heavy (non-hydrogen) atoms. The number of carbonyl (C=O) groups is 1. The van der Waals surface area contributed by atoms with Gasteiger partial charge in [-0.25, -0.2) is 4.79 Å². The minimum absolute atomic E-state index is 0.101. The summed E-state index contributed by atoms with van der Waals surface area (Å²) < 4.78 is 5.36. The molecule has 0 aromatic carbocycles. The smallest absolute Gasteiger partial charge is 0.411 e. The Morgan fingerprint density at radius 2 is 2.07 bits per heavy atom. The summed E-state index contributed by atoms with van der Waals surface area (Å²) in [5.74, 6) is 0. The molecule has 1 N–H and O–H groups in total. The first-order chi connectivity index (χ1) is 6.91. The fourth-order valence-corrected chi connectivity index (χ4v) is 1.40. The molecule has 1 aliphatic heterocycles. The Balaban J connectivity index is 2.40. The molecule has 4 nitrogen and oxygen atoms in total. The summed E-state index contributed by atoms with van der Waals surface area (Å²) in [6.45, 7) is 6.91. The van der Waals surface area contributed by atoms with Crippen LogP contribution in [0.25, 0.3) is 0 Å². The molecule has 0 unspecified atom stereocenters. The first kappa shape index (κ1) is 12.3. The topological polar surface area (TPSA) is 41.6 Å². The van der Waals surface area contributed by atoms with Crippen LogP contribution in [-0.2, 0) is 4.74 Å². The molecule has 0 spiro atoms. The van der Waals surface area contributed by atoms with Gasteiger partial charge in [-0.15, -0.1) is 0 Å². The number of nitrogens with one attached hydrogen (secondary N) is 1. The quantitative estimate of drug-likeness (QED) is 0.725. The van der Waals surface area contributed by atoms with Gasteiger partial charge in [-0.3, -0.25) is 5.32 Å². The second kappa shape index (κ2) is 4.84. The van der Waals surface area contributed by atoms with Gasteiger partial charge in [0.2, 0.25) is 0 Å². The zero-order valence-corrected chi connectivity index (χ0v) is 10.2. The lowest BCUT2D eigenvalue weighted by Crippen LogP contribution is -2.47. The molecule has 0 aromatic rings. The van der Waals surface area contributed by atoms with Crippen LogP contribution in [0, 0.1) is 0 Å². The van der Waals surface area contributed by atoms with Crippen LogP contribution in [0.3, 0.4) is 0 Å². The van der Waals surface area contributed by atoms with Gasteiger partial charge >= 0.3 is 6.09 Å². The molecule has 4 heteroatoms. The summed E-state index contributed by atoms with van der Waals surface area (Å²) in [7, 11) is 1.77. The molecule has 0 aliphatic carbocycles. The average Bonchev–Trinajstić information content (AvgIpc) is 2.16. The largest absolute Gasteiger partial charge is 0.430 e. The summed E-state index contributed by atoms with van der Waals surface area (Å²) in [6.07, 6.45) is 2.87. The van der Waals surface area contributed by atoms with Crippen molar-refractivity contribution >= 4 is 6.09 Å². The second-order valence-corrected chi connectivity index (χ2v) is 5.05. The molecule has 1 heterocycles. The summed E-state index contributed by atoms with van der Waals surface area (Å²) in [5, 5.41) is 3.19. The minimum atomic E-state index is -0.248. The summed E-state index contributed by atoms with van der Waals surface area (Å²) >= 11 is 0. The van der Waals surface area contributed by atoms with Crippen LogP contribution in [0.1, 0.15) is 40.0 Å². The van der Waals surface area contributed by atoms with Crippen molar-refractivity contribution < 1.29 is 9.53 Å². The zero-order chi connectivity index (χ0) is 11.5. The van der Waals surface area contributed by atoms with E-state index in [1.807, 2.05) is 20.8 Å². The van der Waals surface area contributed by atoms with E-state index in [2.05, 4.69) is 5.32 Å². The molecule has 1 aliphatic rings. The van der Waals surface area contributed by atoms with E-state index in [0.29, 0.717) is 0 Å². The standard InChI is InChI=1S/C11H22N2O2/c1-11(2,3)13(4)10(14)15-9-7-5-6-8-12-9/h9,12H,5-8H2,1-4H3/t9-/m0/s1. The highest BCUT2D eigenvalue weighted by Gasteiger charge is 2.26. The molecule has 1 amide bonds. The Hall–Kier alpha value is -0.770. The highest BCUT2D eigenvalue weighted by molar-refractivity contribution is 5.68.